The maximum Gasteiger partial charge on any atom is 0.325 e. The molecule has 3 rings (SSSR count). The number of urea groups is 1. The molecule has 4 amide bonds. The summed E-state index contributed by atoms with van der Waals surface area (Å²) in [5, 5.41) is 2.85. The van der Waals surface area contributed by atoms with E-state index in [1.165, 1.54) is 0 Å². The van der Waals surface area contributed by atoms with Crippen LogP contribution in [-0.2, 0) is 21.5 Å². The van der Waals surface area contributed by atoms with Gasteiger partial charge >= 0.3 is 6.03 Å². The van der Waals surface area contributed by atoms with Crippen molar-refractivity contribution in [3.8, 4) is 0 Å². The van der Waals surface area contributed by atoms with E-state index in [1.807, 2.05) is 52.0 Å². The largest absolute Gasteiger partial charge is 0.336 e. The summed E-state index contributed by atoms with van der Waals surface area (Å²) in [6.07, 6.45) is 1.29. The zero-order valence-electron chi connectivity index (χ0n) is 15.2. The third kappa shape index (κ3) is 2.69. The number of hydrogen-bond donors (Lipinski definition) is 1. The van der Waals surface area contributed by atoms with Gasteiger partial charge in [0.1, 0.15) is 12.1 Å². The number of amides is 4. The van der Waals surface area contributed by atoms with Gasteiger partial charge in [-0.2, -0.15) is 0 Å². The van der Waals surface area contributed by atoms with Crippen LogP contribution in [0.4, 0.5) is 4.79 Å². The predicted octanol–water partition coefficient (Wildman–Crippen LogP) is 2.03. The Morgan fingerprint density at radius 3 is 2.48 bits per heavy atom. The average Bonchev–Trinajstić information content (AvgIpc) is 3.01. The monoisotopic (exact) mass is 343 g/mol. The Morgan fingerprint density at radius 2 is 1.84 bits per heavy atom. The van der Waals surface area contributed by atoms with Crippen molar-refractivity contribution >= 4 is 17.8 Å². The summed E-state index contributed by atoms with van der Waals surface area (Å²) >= 11 is 0. The van der Waals surface area contributed by atoms with Gasteiger partial charge in [-0.1, -0.05) is 24.3 Å². The molecule has 2 aliphatic rings. The van der Waals surface area contributed by atoms with Gasteiger partial charge in [-0.25, -0.2) is 4.79 Å². The Morgan fingerprint density at radius 1 is 1.20 bits per heavy atom. The van der Waals surface area contributed by atoms with Crippen molar-refractivity contribution in [1.82, 2.24) is 15.1 Å². The van der Waals surface area contributed by atoms with Crippen LogP contribution in [0.1, 0.15) is 45.2 Å². The van der Waals surface area contributed by atoms with Crippen LogP contribution in [0.15, 0.2) is 24.3 Å². The van der Waals surface area contributed by atoms with Crippen molar-refractivity contribution in [3.63, 3.8) is 0 Å². The van der Waals surface area contributed by atoms with E-state index in [1.54, 1.807) is 4.90 Å². The molecule has 0 aromatic heterocycles. The van der Waals surface area contributed by atoms with Gasteiger partial charge in [0.2, 0.25) is 5.91 Å². The Labute approximate surface area is 148 Å². The van der Waals surface area contributed by atoms with Gasteiger partial charge in [0.15, 0.2) is 0 Å². The lowest BCUT2D eigenvalue weighted by atomic mass is 9.92. The summed E-state index contributed by atoms with van der Waals surface area (Å²) in [7, 11) is 0. The molecule has 1 aliphatic carbocycles. The molecule has 134 valence electrons. The van der Waals surface area contributed by atoms with Gasteiger partial charge in [-0.3, -0.25) is 14.5 Å². The third-order valence-electron chi connectivity index (χ3n) is 5.12. The molecule has 0 bridgehead atoms. The fourth-order valence-corrected chi connectivity index (χ4v) is 4.12. The number of aryl methyl sites for hydroxylation is 1. The Hall–Kier alpha value is -2.37. The molecular formula is C19H25N3O3. The molecule has 1 aromatic carbocycles. The summed E-state index contributed by atoms with van der Waals surface area (Å²) in [5.41, 5.74) is 0.928. The number of imide groups is 1. The highest BCUT2D eigenvalue weighted by Crippen LogP contribution is 2.41. The number of benzene rings is 1. The second-order valence-electron chi connectivity index (χ2n) is 7.37. The van der Waals surface area contributed by atoms with Crippen LogP contribution in [0, 0.1) is 0 Å². The van der Waals surface area contributed by atoms with E-state index in [9.17, 15) is 14.4 Å². The molecule has 1 unspecified atom stereocenters. The summed E-state index contributed by atoms with van der Waals surface area (Å²) < 4.78 is 0. The van der Waals surface area contributed by atoms with E-state index in [0.717, 1.165) is 22.4 Å². The normalized spacial score (nSPS) is 22.1. The highest BCUT2D eigenvalue weighted by Gasteiger charge is 2.55. The fraction of sp³-hybridized carbons (Fsp3) is 0.526. The van der Waals surface area contributed by atoms with E-state index in [-0.39, 0.29) is 30.4 Å². The number of nitrogens with zero attached hydrogens (tertiary/aromatic N) is 2. The predicted molar refractivity (Wildman–Crippen MR) is 93.8 cm³/mol. The number of hydrogen-bond acceptors (Lipinski definition) is 3. The van der Waals surface area contributed by atoms with Gasteiger partial charge in [0.05, 0.1) is 0 Å². The van der Waals surface area contributed by atoms with Crippen LogP contribution in [0.25, 0.3) is 0 Å². The van der Waals surface area contributed by atoms with E-state index in [4.69, 9.17) is 0 Å². The van der Waals surface area contributed by atoms with E-state index < -0.39 is 11.6 Å². The minimum atomic E-state index is -1.01. The first kappa shape index (κ1) is 17.5. The summed E-state index contributed by atoms with van der Waals surface area (Å²) in [6, 6.07) is 7.21. The molecule has 1 N–H and O–H groups in total. The Kier molecular flexibility index (Phi) is 4.31. The molecule has 1 saturated heterocycles. The molecule has 1 aliphatic heterocycles. The fourth-order valence-electron chi connectivity index (χ4n) is 4.12. The molecule has 0 saturated carbocycles. The Balaban J connectivity index is 1.85. The summed E-state index contributed by atoms with van der Waals surface area (Å²) in [6.45, 7) is 7.50. The van der Waals surface area contributed by atoms with Crippen molar-refractivity contribution in [2.75, 3.05) is 6.54 Å². The van der Waals surface area contributed by atoms with Crippen molar-refractivity contribution in [2.45, 2.75) is 58.2 Å². The lowest BCUT2D eigenvalue weighted by Gasteiger charge is -2.32. The minimum Gasteiger partial charge on any atom is -0.336 e. The first-order valence-electron chi connectivity index (χ1n) is 8.81. The van der Waals surface area contributed by atoms with E-state index in [2.05, 4.69) is 5.32 Å². The van der Waals surface area contributed by atoms with Crippen molar-refractivity contribution in [1.29, 1.82) is 0 Å². The number of fused-ring (bicyclic) bond motifs is 2. The molecule has 25 heavy (non-hydrogen) atoms. The minimum absolute atomic E-state index is 0.00873. The molecule has 1 heterocycles. The molecule has 1 atom stereocenters. The molecular weight excluding hydrogens is 318 g/mol. The molecule has 6 nitrogen and oxygen atoms in total. The van der Waals surface area contributed by atoms with E-state index >= 15 is 0 Å². The first-order chi connectivity index (χ1) is 11.8. The zero-order valence-corrected chi connectivity index (χ0v) is 15.2. The van der Waals surface area contributed by atoms with Gasteiger partial charge in [0, 0.05) is 12.1 Å². The first-order valence-corrected chi connectivity index (χ1v) is 8.81. The van der Waals surface area contributed by atoms with Crippen LogP contribution in [-0.4, -0.2) is 46.3 Å². The number of rotatable bonds is 4. The molecule has 1 fully saturated rings. The van der Waals surface area contributed by atoms with Gasteiger partial charge in [-0.05, 0) is 51.7 Å². The second kappa shape index (κ2) is 6.17. The summed E-state index contributed by atoms with van der Waals surface area (Å²) in [4.78, 5) is 41.0. The maximum absolute atomic E-state index is 13.1. The van der Waals surface area contributed by atoms with Gasteiger partial charge in [-0.15, -0.1) is 0 Å². The lowest BCUT2D eigenvalue weighted by molar-refractivity contribution is -0.141. The third-order valence-corrected chi connectivity index (χ3v) is 5.12. The Bertz CT molecular complexity index is 720. The standard InChI is InChI=1S/C19H25N3O3/c1-12(2)22(13(3)4)16(23)11-21-17(24)19(20-18(21)25)10-9-14-7-5-6-8-15(14)19/h5-8,12-13H,9-11H2,1-4H3,(H,20,25). The SMILES string of the molecule is CC(C)N(C(=O)CN1C(=O)NC2(CCc3ccccc32)C1=O)C(C)C. The van der Waals surface area contributed by atoms with Crippen LogP contribution >= 0.6 is 0 Å². The highest BCUT2D eigenvalue weighted by atomic mass is 16.2. The van der Waals surface area contributed by atoms with Gasteiger partial charge in [0.25, 0.3) is 5.91 Å². The average molecular weight is 343 g/mol. The number of nitrogens with one attached hydrogen (secondary N) is 1. The molecule has 1 spiro atoms. The highest BCUT2D eigenvalue weighted by molar-refractivity contribution is 6.09. The molecule has 0 radical (unpaired) electrons. The smallest absolute Gasteiger partial charge is 0.325 e. The maximum atomic E-state index is 13.1. The van der Waals surface area contributed by atoms with Crippen molar-refractivity contribution < 1.29 is 14.4 Å². The number of carbonyl (C=O) groups excluding carboxylic acids is 3. The lowest BCUT2D eigenvalue weighted by Crippen LogP contribution is -2.49. The van der Waals surface area contributed by atoms with E-state index in [0.29, 0.717) is 6.42 Å². The van der Waals surface area contributed by atoms with Crippen LogP contribution in [0.2, 0.25) is 0 Å². The van der Waals surface area contributed by atoms with Crippen LogP contribution < -0.4 is 5.32 Å². The second-order valence-corrected chi connectivity index (χ2v) is 7.37. The van der Waals surface area contributed by atoms with Crippen LogP contribution in [0.3, 0.4) is 0 Å². The zero-order chi connectivity index (χ0) is 18.4. The van der Waals surface area contributed by atoms with Crippen molar-refractivity contribution in [2.24, 2.45) is 0 Å². The van der Waals surface area contributed by atoms with Gasteiger partial charge < -0.3 is 10.2 Å². The molecule has 1 aromatic rings. The molecule has 6 heteroatoms. The number of carbonyl (C=O) groups is 3. The quantitative estimate of drug-likeness (QED) is 0.851. The van der Waals surface area contributed by atoms with Crippen LogP contribution in [0.5, 0.6) is 0 Å². The summed E-state index contributed by atoms with van der Waals surface area (Å²) in [5.74, 6) is -0.528. The topological polar surface area (TPSA) is 69.7 Å². The van der Waals surface area contributed by atoms with Crippen molar-refractivity contribution in [3.05, 3.63) is 35.4 Å².